The van der Waals surface area contributed by atoms with E-state index < -0.39 is 0 Å². The molecule has 0 radical (unpaired) electrons. The molecule has 1 N–H and O–H groups in total. The number of benzene rings is 2. The quantitative estimate of drug-likeness (QED) is 0.727. The molecule has 1 unspecified atom stereocenters. The molecule has 0 bridgehead atoms. The van der Waals surface area contributed by atoms with E-state index >= 15 is 0 Å². The van der Waals surface area contributed by atoms with E-state index in [9.17, 15) is 0 Å². The molecule has 106 valence electrons. The lowest BCUT2D eigenvalue weighted by Crippen LogP contribution is -2.14. The largest absolute Gasteiger partial charge is 0.313 e. The molecule has 0 amide bonds. The Labute approximate surface area is 130 Å². The lowest BCUT2D eigenvalue weighted by molar-refractivity contribution is 0.576. The summed E-state index contributed by atoms with van der Waals surface area (Å²) in [5, 5.41) is 4.17. The maximum Gasteiger partial charge on any atom is 0.0446 e. The third-order valence-electron chi connectivity index (χ3n) is 3.39. The van der Waals surface area contributed by atoms with Gasteiger partial charge < -0.3 is 5.32 Å². The van der Waals surface area contributed by atoms with Crippen LogP contribution in [0.3, 0.4) is 0 Å². The van der Waals surface area contributed by atoms with Crippen LogP contribution in [0, 0.1) is 0 Å². The molecule has 0 saturated heterocycles. The minimum Gasteiger partial charge on any atom is -0.313 e. The van der Waals surface area contributed by atoms with E-state index in [0.29, 0.717) is 6.04 Å². The van der Waals surface area contributed by atoms with Crippen molar-refractivity contribution in [1.29, 1.82) is 0 Å². The fourth-order valence-corrected chi connectivity index (χ4v) is 3.36. The number of nitrogens with one attached hydrogen (secondary N) is 1. The second-order valence-corrected chi connectivity index (χ2v) is 6.15. The molecule has 0 aliphatic rings. The Morgan fingerprint density at radius 2 is 1.80 bits per heavy atom. The van der Waals surface area contributed by atoms with Crippen LogP contribution in [0.1, 0.15) is 30.5 Å². The van der Waals surface area contributed by atoms with E-state index in [4.69, 9.17) is 11.6 Å². The number of rotatable bonds is 6. The van der Waals surface area contributed by atoms with Crippen molar-refractivity contribution in [2.75, 3.05) is 7.05 Å². The molecule has 0 aromatic heterocycles. The first-order valence-corrected chi connectivity index (χ1v) is 8.24. The zero-order chi connectivity index (χ0) is 14.4. The van der Waals surface area contributed by atoms with Gasteiger partial charge in [0, 0.05) is 21.7 Å². The molecule has 3 heteroatoms. The second-order valence-electron chi connectivity index (χ2n) is 4.70. The van der Waals surface area contributed by atoms with Crippen molar-refractivity contribution in [1.82, 2.24) is 5.32 Å². The van der Waals surface area contributed by atoms with Crippen LogP contribution in [0.5, 0.6) is 0 Å². The van der Waals surface area contributed by atoms with Gasteiger partial charge in [-0.2, -0.15) is 0 Å². The highest BCUT2D eigenvalue weighted by molar-refractivity contribution is 7.98. The average Bonchev–Trinajstić information content (AvgIpc) is 2.49. The van der Waals surface area contributed by atoms with Crippen LogP contribution >= 0.6 is 23.4 Å². The molecule has 0 heterocycles. The molecule has 0 spiro atoms. The van der Waals surface area contributed by atoms with Gasteiger partial charge in [-0.3, -0.25) is 0 Å². The van der Waals surface area contributed by atoms with Gasteiger partial charge in [0.15, 0.2) is 0 Å². The van der Waals surface area contributed by atoms with E-state index in [1.807, 2.05) is 37.0 Å². The minimum absolute atomic E-state index is 0.442. The van der Waals surface area contributed by atoms with E-state index in [1.165, 1.54) is 16.0 Å². The molecule has 1 nitrogen and oxygen atoms in total. The highest BCUT2D eigenvalue weighted by Gasteiger charge is 2.06. The van der Waals surface area contributed by atoms with Gasteiger partial charge in [0.05, 0.1) is 0 Å². The summed E-state index contributed by atoms with van der Waals surface area (Å²) in [6.45, 7) is 2.20. The van der Waals surface area contributed by atoms with Crippen molar-refractivity contribution in [3.63, 3.8) is 0 Å². The number of hydrogen-bond donors (Lipinski definition) is 1. The van der Waals surface area contributed by atoms with Crippen molar-refractivity contribution in [2.45, 2.75) is 30.0 Å². The monoisotopic (exact) mass is 305 g/mol. The summed E-state index contributed by atoms with van der Waals surface area (Å²) in [6.07, 6.45) is 1.10. The third kappa shape index (κ3) is 4.02. The van der Waals surface area contributed by atoms with E-state index in [2.05, 4.69) is 42.6 Å². The number of thioether (sulfide) groups is 1. The highest BCUT2D eigenvalue weighted by Crippen LogP contribution is 2.27. The Kier molecular flexibility index (Phi) is 5.96. The molecular weight excluding hydrogens is 286 g/mol. The topological polar surface area (TPSA) is 12.0 Å². The summed E-state index contributed by atoms with van der Waals surface area (Å²) in [6, 6.07) is 17.3. The fraction of sp³-hybridized carbons (Fsp3) is 0.294. The predicted molar refractivity (Wildman–Crippen MR) is 89.5 cm³/mol. The van der Waals surface area contributed by atoms with Crippen LogP contribution in [0.2, 0.25) is 5.02 Å². The maximum absolute atomic E-state index is 6.17. The molecule has 2 aromatic carbocycles. The number of halogens is 1. The Morgan fingerprint density at radius 1 is 1.10 bits per heavy atom. The molecule has 0 aliphatic carbocycles. The molecule has 1 atom stereocenters. The zero-order valence-corrected chi connectivity index (χ0v) is 13.5. The Bertz CT molecular complexity index is 535. The lowest BCUT2D eigenvalue weighted by Gasteiger charge is -2.14. The maximum atomic E-state index is 6.17. The molecule has 20 heavy (non-hydrogen) atoms. The van der Waals surface area contributed by atoms with Crippen molar-refractivity contribution >= 4 is 23.4 Å². The van der Waals surface area contributed by atoms with Crippen molar-refractivity contribution < 1.29 is 0 Å². The van der Waals surface area contributed by atoms with Gasteiger partial charge in [-0.15, -0.1) is 11.8 Å². The molecule has 0 saturated carbocycles. The van der Waals surface area contributed by atoms with Gasteiger partial charge in [-0.25, -0.2) is 0 Å². The van der Waals surface area contributed by atoms with Gasteiger partial charge in [-0.05, 0) is 42.8 Å². The van der Waals surface area contributed by atoms with E-state index in [0.717, 1.165) is 17.2 Å². The summed E-state index contributed by atoms with van der Waals surface area (Å²) in [5.41, 5.74) is 2.53. The van der Waals surface area contributed by atoms with Gasteiger partial charge in [0.25, 0.3) is 0 Å². The Hall–Kier alpha value is -0.960. The normalized spacial score (nSPS) is 12.3. The van der Waals surface area contributed by atoms with Gasteiger partial charge in [0.1, 0.15) is 0 Å². The first-order chi connectivity index (χ1) is 9.74. The van der Waals surface area contributed by atoms with Crippen LogP contribution in [-0.4, -0.2) is 7.05 Å². The van der Waals surface area contributed by atoms with Crippen molar-refractivity contribution in [3.8, 4) is 0 Å². The predicted octanol–water partition coefficient (Wildman–Crippen LogP) is 5.30. The SMILES string of the molecule is CCC(NC)c1ccc(SCc2ccccc2Cl)cc1. The summed E-state index contributed by atoms with van der Waals surface area (Å²) >= 11 is 7.99. The van der Waals surface area contributed by atoms with Crippen LogP contribution in [0.4, 0.5) is 0 Å². The highest BCUT2D eigenvalue weighted by atomic mass is 35.5. The standard InChI is InChI=1S/C17H20ClNS/c1-3-17(19-2)13-8-10-15(11-9-13)20-12-14-6-4-5-7-16(14)18/h4-11,17,19H,3,12H2,1-2H3. The fourth-order valence-electron chi connectivity index (χ4n) is 2.18. The van der Waals surface area contributed by atoms with Crippen molar-refractivity contribution in [2.24, 2.45) is 0 Å². The summed E-state index contributed by atoms with van der Waals surface area (Å²) in [5.74, 6) is 0.905. The van der Waals surface area contributed by atoms with Crippen LogP contribution < -0.4 is 5.32 Å². The molecule has 2 aromatic rings. The van der Waals surface area contributed by atoms with Crippen LogP contribution in [0.15, 0.2) is 53.4 Å². The first kappa shape index (κ1) is 15.4. The van der Waals surface area contributed by atoms with Crippen LogP contribution in [0.25, 0.3) is 0 Å². The average molecular weight is 306 g/mol. The Morgan fingerprint density at radius 3 is 2.40 bits per heavy atom. The van der Waals surface area contributed by atoms with Crippen LogP contribution in [-0.2, 0) is 5.75 Å². The second kappa shape index (κ2) is 7.72. The van der Waals surface area contributed by atoms with Gasteiger partial charge in [-0.1, -0.05) is 48.9 Å². The molecule has 0 fully saturated rings. The Balaban J connectivity index is 1.99. The van der Waals surface area contributed by atoms with E-state index in [1.54, 1.807) is 0 Å². The van der Waals surface area contributed by atoms with Gasteiger partial charge in [0.2, 0.25) is 0 Å². The molecular formula is C17H20ClNS. The molecule has 2 rings (SSSR count). The summed E-state index contributed by atoms with van der Waals surface area (Å²) in [4.78, 5) is 1.28. The molecule has 0 aliphatic heterocycles. The first-order valence-electron chi connectivity index (χ1n) is 6.88. The van der Waals surface area contributed by atoms with Gasteiger partial charge >= 0.3 is 0 Å². The number of hydrogen-bond acceptors (Lipinski definition) is 2. The summed E-state index contributed by atoms with van der Waals surface area (Å²) in [7, 11) is 2.01. The third-order valence-corrected chi connectivity index (χ3v) is 4.82. The van der Waals surface area contributed by atoms with E-state index in [-0.39, 0.29) is 0 Å². The minimum atomic E-state index is 0.442. The summed E-state index contributed by atoms with van der Waals surface area (Å²) < 4.78 is 0. The smallest absolute Gasteiger partial charge is 0.0446 e. The lowest BCUT2D eigenvalue weighted by atomic mass is 10.1. The zero-order valence-electron chi connectivity index (χ0n) is 11.9. The van der Waals surface area contributed by atoms with Crippen molar-refractivity contribution in [3.05, 3.63) is 64.7 Å².